The number of thiazole rings is 1. The summed E-state index contributed by atoms with van der Waals surface area (Å²) in [6.45, 7) is 2.65. The lowest BCUT2D eigenvalue weighted by Gasteiger charge is -2.50. The lowest BCUT2D eigenvalue weighted by molar-refractivity contribution is -0.253. The van der Waals surface area contributed by atoms with Gasteiger partial charge in [-0.2, -0.15) is 0 Å². The number of hydrogen-bond acceptors (Lipinski definition) is 6. The molecular weight excluding hydrogens is 792 g/mol. The number of halogens is 2. The molecule has 254 valence electrons. The standard InChI is InChI=1S/C39H30Br2N6O3S/c1-39-36(49-3)28(45(2)38-44-17-29(51-38)23-15-42-25-10-8-18(40)12-21(23)25)14-30(50-39)46-26-11-9-19(41)13-22(26)32-33-24(16-43-37(33)48)31-20-6-4-5-7-27(20)47(39)35(31)34(32)46/h4-13,15,17,28,30,36,42H,14,16H2,1-3H3,(H,43,48)/t28-,30-,36-,39+/m1/s1. The zero-order valence-electron chi connectivity index (χ0n) is 27.8. The van der Waals surface area contributed by atoms with Crippen molar-refractivity contribution in [2.45, 2.75) is 44.0 Å². The Kier molecular flexibility index (Phi) is 6.23. The maximum absolute atomic E-state index is 13.8. The third-order valence-electron chi connectivity index (χ3n) is 11.5. The van der Waals surface area contributed by atoms with Crippen LogP contribution < -0.4 is 10.2 Å². The van der Waals surface area contributed by atoms with Crippen LogP contribution in [0.15, 0.2) is 82.0 Å². The number of carbonyl (C=O) groups is 1. The molecule has 3 aliphatic heterocycles. The highest BCUT2D eigenvalue weighted by atomic mass is 79.9. The fourth-order valence-electron chi connectivity index (χ4n) is 9.41. The number of para-hydroxylation sites is 1. The van der Waals surface area contributed by atoms with Gasteiger partial charge in [-0.1, -0.05) is 61.4 Å². The number of rotatable bonds is 4. The Hall–Kier alpha value is -4.20. The summed E-state index contributed by atoms with van der Waals surface area (Å²) >= 11 is 9.06. The van der Waals surface area contributed by atoms with E-state index in [0.717, 1.165) is 90.2 Å². The molecule has 4 atom stereocenters. The molecule has 0 aliphatic carbocycles. The SMILES string of the molecule is CO[C@@H]1[C@H](N(C)c2ncc(-c3c[nH]c4ccc(Br)cc34)s2)C[C@H]2O[C@]1(C)n1c3ccccc3c3c4c(c5c6cc(Br)ccc6n2c5c31)C(=O)NC4. The first kappa shape index (κ1) is 30.4. The molecule has 4 aromatic heterocycles. The van der Waals surface area contributed by atoms with Crippen LogP contribution in [-0.4, -0.2) is 51.3 Å². The van der Waals surface area contributed by atoms with Gasteiger partial charge >= 0.3 is 0 Å². The third-order valence-corrected chi connectivity index (χ3v) is 13.6. The first-order valence-electron chi connectivity index (χ1n) is 16.9. The lowest BCUT2D eigenvalue weighted by atomic mass is 9.92. The molecule has 1 saturated heterocycles. The zero-order valence-corrected chi connectivity index (χ0v) is 31.7. The van der Waals surface area contributed by atoms with E-state index in [2.05, 4.69) is 131 Å². The van der Waals surface area contributed by atoms with Crippen molar-refractivity contribution in [2.24, 2.45) is 0 Å². The van der Waals surface area contributed by atoms with Gasteiger partial charge in [-0.25, -0.2) is 4.98 Å². The number of nitrogens with zero attached hydrogens (tertiary/aromatic N) is 4. The minimum Gasteiger partial charge on any atom is -0.374 e. The number of fused-ring (bicyclic) bond motifs is 14. The molecule has 0 radical (unpaired) electrons. The van der Waals surface area contributed by atoms with Gasteiger partial charge in [-0.15, -0.1) is 0 Å². The molecule has 3 aliphatic rings. The first-order valence-corrected chi connectivity index (χ1v) is 19.3. The maximum atomic E-state index is 13.8. The van der Waals surface area contributed by atoms with E-state index in [1.807, 2.05) is 12.3 Å². The van der Waals surface area contributed by atoms with E-state index in [1.54, 1.807) is 18.4 Å². The second-order valence-corrected chi connectivity index (χ2v) is 16.8. The summed E-state index contributed by atoms with van der Waals surface area (Å²) < 4.78 is 20.7. The summed E-state index contributed by atoms with van der Waals surface area (Å²) in [5.41, 5.74) is 7.29. The van der Waals surface area contributed by atoms with Crippen molar-refractivity contribution in [1.29, 1.82) is 0 Å². The number of aromatic nitrogens is 4. The molecule has 11 rings (SSSR count). The molecule has 12 heteroatoms. The van der Waals surface area contributed by atoms with Crippen LogP contribution in [0.2, 0.25) is 0 Å². The van der Waals surface area contributed by atoms with Crippen LogP contribution >= 0.6 is 43.2 Å². The van der Waals surface area contributed by atoms with E-state index in [0.29, 0.717) is 13.0 Å². The van der Waals surface area contributed by atoms with E-state index in [1.165, 1.54) is 0 Å². The van der Waals surface area contributed by atoms with Gasteiger partial charge in [0.15, 0.2) is 10.9 Å². The Morgan fingerprint density at radius 2 is 1.82 bits per heavy atom. The molecule has 9 nitrogen and oxygen atoms in total. The molecule has 0 spiro atoms. The number of nitrogens with one attached hydrogen (secondary N) is 2. The van der Waals surface area contributed by atoms with Gasteiger partial charge in [0.2, 0.25) is 0 Å². The molecule has 1 amide bonds. The van der Waals surface area contributed by atoms with E-state index < -0.39 is 5.72 Å². The third kappa shape index (κ3) is 3.86. The highest BCUT2D eigenvalue weighted by molar-refractivity contribution is 9.10. The Labute approximate surface area is 312 Å². The summed E-state index contributed by atoms with van der Waals surface area (Å²) in [4.78, 5) is 25.6. The van der Waals surface area contributed by atoms with Crippen LogP contribution in [0.4, 0.5) is 5.13 Å². The molecule has 1 fully saturated rings. The van der Waals surface area contributed by atoms with Crippen LogP contribution in [0.3, 0.4) is 0 Å². The molecule has 0 saturated carbocycles. The number of likely N-dealkylation sites (N-methyl/N-ethyl adjacent to an activating group) is 1. The summed E-state index contributed by atoms with van der Waals surface area (Å²) in [5.74, 6) is -0.0309. The summed E-state index contributed by atoms with van der Waals surface area (Å²) in [6.07, 6.45) is 3.95. The number of amides is 1. The summed E-state index contributed by atoms with van der Waals surface area (Å²) in [6, 6.07) is 21.0. The highest BCUT2D eigenvalue weighted by Crippen LogP contribution is 2.55. The minimum atomic E-state index is -0.918. The molecule has 8 aromatic rings. The van der Waals surface area contributed by atoms with Crippen molar-refractivity contribution in [2.75, 3.05) is 19.1 Å². The average Bonchev–Trinajstić information content (AvgIpc) is 3.94. The van der Waals surface area contributed by atoms with Crippen LogP contribution in [0, 0.1) is 0 Å². The molecular formula is C39H30Br2N6O3S. The van der Waals surface area contributed by atoms with Crippen molar-refractivity contribution >= 4 is 109 Å². The predicted molar refractivity (Wildman–Crippen MR) is 210 cm³/mol. The fraction of sp³-hybridized carbons (Fsp3) is 0.231. The largest absolute Gasteiger partial charge is 0.374 e. The number of carbonyl (C=O) groups excluding carboxylic acids is 1. The number of hydrogen-bond donors (Lipinski definition) is 2. The summed E-state index contributed by atoms with van der Waals surface area (Å²) in [7, 11) is 3.92. The number of anilines is 1. The molecule has 7 heterocycles. The Morgan fingerprint density at radius 1 is 1.02 bits per heavy atom. The quantitative estimate of drug-likeness (QED) is 0.185. The van der Waals surface area contributed by atoms with E-state index in [-0.39, 0.29) is 24.3 Å². The molecule has 0 unspecified atom stereocenters. The number of H-pyrrole nitrogens is 1. The zero-order chi connectivity index (χ0) is 34.5. The molecule has 51 heavy (non-hydrogen) atoms. The lowest BCUT2D eigenvalue weighted by Crippen LogP contribution is -2.60. The van der Waals surface area contributed by atoms with Crippen molar-refractivity contribution in [3.63, 3.8) is 0 Å². The van der Waals surface area contributed by atoms with E-state index in [9.17, 15) is 4.79 Å². The van der Waals surface area contributed by atoms with Crippen LogP contribution in [0.1, 0.15) is 35.5 Å². The summed E-state index contributed by atoms with van der Waals surface area (Å²) in [5, 5.41) is 9.44. The maximum Gasteiger partial charge on any atom is 0.252 e. The smallest absolute Gasteiger partial charge is 0.252 e. The fourth-order valence-corrected chi connectivity index (χ4v) is 11.1. The predicted octanol–water partition coefficient (Wildman–Crippen LogP) is 9.40. The van der Waals surface area contributed by atoms with E-state index in [4.69, 9.17) is 14.5 Å². The second-order valence-electron chi connectivity index (χ2n) is 14.0. The number of benzene rings is 4. The van der Waals surface area contributed by atoms with Gasteiger partial charge in [0.05, 0.1) is 38.5 Å². The topological polar surface area (TPSA) is 89.3 Å². The molecule has 4 aromatic carbocycles. The number of methoxy groups -OCH3 is 1. The minimum absolute atomic E-state index is 0.0309. The second kappa shape index (κ2) is 10.4. The van der Waals surface area contributed by atoms with Gasteiger partial charge in [0.1, 0.15) is 12.3 Å². The Morgan fingerprint density at radius 3 is 2.67 bits per heavy atom. The monoisotopic (exact) mass is 820 g/mol. The van der Waals surface area contributed by atoms with E-state index >= 15 is 0 Å². The highest BCUT2D eigenvalue weighted by Gasteiger charge is 2.54. The van der Waals surface area contributed by atoms with Crippen LogP contribution in [0.5, 0.6) is 0 Å². The Balaban J connectivity index is 1.17. The Bertz CT molecular complexity index is 2830. The van der Waals surface area contributed by atoms with Crippen molar-refractivity contribution in [1.82, 2.24) is 24.4 Å². The average molecular weight is 823 g/mol. The van der Waals surface area contributed by atoms with Gasteiger partial charge in [0, 0.05) is 86.5 Å². The van der Waals surface area contributed by atoms with Crippen LogP contribution in [-0.2, 0) is 21.7 Å². The van der Waals surface area contributed by atoms with Gasteiger partial charge < -0.3 is 33.8 Å². The molecule has 2 bridgehead atoms. The van der Waals surface area contributed by atoms with Crippen molar-refractivity contribution < 1.29 is 14.3 Å². The van der Waals surface area contributed by atoms with Crippen molar-refractivity contribution in [3.8, 4) is 10.4 Å². The van der Waals surface area contributed by atoms with Crippen molar-refractivity contribution in [3.05, 3.63) is 93.1 Å². The van der Waals surface area contributed by atoms with Gasteiger partial charge in [0.25, 0.3) is 5.91 Å². The normalized spacial score (nSPS) is 22.5. The molecule has 2 N–H and O–H groups in total. The van der Waals surface area contributed by atoms with Gasteiger partial charge in [-0.05, 0) is 55.0 Å². The number of aromatic amines is 1. The van der Waals surface area contributed by atoms with Crippen LogP contribution in [0.25, 0.3) is 65.0 Å². The number of ether oxygens (including phenoxy) is 2. The van der Waals surface area contributed by atoms with Gasteiger partial charge in [-0.3, -0.25) is 4.79 Å². The first-order chi connectivity index (χ1) is 24.8.